The van der Waals surface area contributed by atoms with Crippen LogP contribution in [0.4, 0.5) is 0 Å². The number of carbonyl (C=O) groups excluding carboxylic acids is 1. The first-order valence-electron chi connectivity index (χ1n) is 6.49. The number of carboxylic acids is 1. The third-order valence-electron chi connectivity index (χ3n) is 3.34. The molecule has 1 rings (SSSR count). The van der Waals surface area contributed by atoms with Crippen LogP contribution < -0.4 is 5.32 Å². The van der Waals surface area contributed by atoms with E-state index in [4.69, 9.17) is 5.11 Å². The van der Waals surface area contributed by atoms with Gasteiger partial charge in [-0.25, -0.2) is 0 Å². The zero-order chi connectivity index (χ0) is 13.8. The summed E-state index contributed by atoms with van der Waals surface area (Å²) in [6.45, 7) is 3.52. The van der Waals surface area contributed by atoms with E-state index in [1.165, 1.54) is 0 Å². The average Bonchev–Trinajstić information content (AvgIpc) is 2.18. The van der Waals surface area contributed by atoms with E-state index in [0.717, 1.165) is 25.7 Å². The van der Waals surface area contributed by atoms with Crippen LogP contribution in [-0.4, -0.2) is 34.2 Å². The number of rotatable bonds is 5. The predicted molar refractivity (Wildman–Crippen MR) is 67.1 cm³/mol. The molecule has 3 N–H and O–H groups in total. The van der Waals surface area contributed by atoms with Crippen molar-refractivity contribution < 1.29 is 19.8 Å². The van der Waals surface area contributed by atoms with Crippen LogP contribution >= 0.6 is 0 Å². The highest BCUT2D eigenvalue weighted by Crippen LogP contribution is 2.25. The first kappa shape index (κ1) is 15.0. The Labute approximate surface area is 108 Å². The number of amides is 1. The highest BCUT2D eigenvalue weighted by molar-refractivity contribution is 5.78. The van der Waals surface area contributed by atoms with E-state index in [1.54, 1.807) is 13.8 Å². The van der Waals surface area contributed by atoms with Gasteiger partial charge in [0.05, 0.1) is 18.6 Å². The molecule has 0 radical (unpaired) electrons. The van der Waals surface area contributed by atoms with E-state index in [2.05, 4.69) is 5.32 Å². The van der Waals surface area contributed by atoms with Crippen molar-refractivity contribution in [3.8, 4) is 0 Å². The highest BCUT2D eigenvalue weighted by atomic mass is 16.4. The largest absolute Gasteiger partial charge is 0.481 e. The molecule has 0 aliphatic heterocycles. The van der Waals surface area contributed by atoms with Gasteiger partial charge in [0.2, 0.25) is 5.91 Å². The standard InChI is InChI=1S/C13H23NO4/c1-13(2,8-12(17)18)7-11(16)14-9-5-3-4-6-10(9)15/h9-10,15H,3-8H2,1-2H3,(H,14,16)(H,17,18)/t9-,10-/m0/s1. The summed E-state index contributed by atoms with van der Waals surface area (Å²) in [4.78, 5) is 22.5. The van der Waals surface area contributed by atoms with Crippen molar-refractivity contribution >= 4 is 11.9 Å². The maximum absolute atomic E-state index is 11.8. The van der Waals surface area contributed by atoms with Crippen molar-refractivity contribution in [3.63, 3.8) is 0 Å². The fourth-order valence-corrected chi connectivity index (χ4v) is 2.44. The van der Waals surface area contributed by atoms with Crippen LogP contribution in [0.1, 0.15) is 52.4 Å². The summed E-state index contributed by atoms with van der Waals surface area (Å²) in [7, 11) is 0. The minimum atomic E-state index is -0.898. The summed E-state index contributed by atoms with van der Waals surface area (Å²) < 4.78 is 0. The van der Waals surface area contributed by atoms with Gasteiger partial charge in [0.1, 0.15) is 0 Å². The molecular formula is C13H23NO4. The number of aliphatic hydroxyl groups is 1. The maximum atomic E-state index is 11.8. The van der Waals surface area contributed by atoms with Crippen molar-refractivity contribution in [2.75, 3.05) is 0 Å². The molecule has 5 nitrogen and oxygen atoms in total. The lowest BCUT2D eigenvalue weighted by atomic mass is 9.85. The molecule has 0 heterocycles. The minimum Gasteiger partial charge on any atom is -0.481 e. The highest BCUT2D eigenvalue weighted by Gasteiger charge is 2.29. The molecule has 1 aliphatic rings. The lowest BCUT2D eigenvalue weighted by molar-refractivity contribution is -0.139. The number of aliphatic hydroxyl groups excluding tert-OH is 1. The number of carboxylic acid groups (broad SMARTS) is 1. The van der Waals surface area contributed by atoms with Gasteiger partial charge in [-0.1, -0.05) is 26.7 Å². The van der Waals surface area contributed by atoms with Crippen LogP contribution in [0.15, 0.2) is 0 Å². The Kier molecular flexibility index (Phi) is 5.14. The summed E-state index contributed by atoms with van der Waals surface area (Å²) in [6.07, 6.45) is 3.20. The van der Waals surface area contributed by atoms with Crippen LogP contribution in [0.5, 0.6) is 0 Å². The van der Waals surface area contributed by atoms with Crippen LogP contribution in [0.2, 0.25) is 0 Å². The quantitative estimate of drug-likeness (QED) is 0.692. The van der Waals surface area contributed by atoms with Crippen molar-refractivity contribution in [3.05, 3.63) is 0 Å². The fraction of sp³-hybridized carbons (Fsp3) is 0.846. The molecule has 2 atom stereocenters. The van der Waals surface area contributed by atoms with E-state index >= 15 is 0 Å². The second-order valence-corrected chi connectivity index (χ2v) is 5.94. The van der Waals surface area contributed by atoms with Gasteiger partial charge in [0.25, 0.3) is 0 Å². The number of hydrogen-bond donors (Lipinski definition) is 3. The van der Waals surface area contributed by atoms with Gasteiger partial charge in [0, 0.05) is 6.42 Å². The Morgan fingerprint density at radius 2 is 1.83 bits per heavy atom. The van der Waals surface area contributed by atoms with E-state index in [9.17, 15) is 14.7 Å². The van der Waals surface area contributed by atoms with Crippen molar-refractivity contribution in [2.45, 2.75) is 64.5 Å². The van der Waals surface area contributed by atoms with E-state index in [1.807, 2.05) is 0 Å². The lowest BCUT2D eigenvalue weighted by Gasteiger charge is -2.30. The van der Waals surface area contributed by atoms with Gasteiger partial charge < -0.3 is 15.5 Å². The Bertz CT molecular complexity index is 314. The monoisotopic (exact) mass is 257 g/mol. The third kappa shape index (κ3) is 5.04. The van der Waals surface area contributed by atoms with Crippen LogP contribution in [0, 0.1) is 5.41 Å². The van der Waals surface area contributed by atoms with E-state index < -0.39 is 17.5 Å². The maximum Gasteiger partial charge on any atom is 0.303 e. The van der Waals surface area contributed by atoms with E-state index in [0.29, 0.717) is 0 Å². The van der Waals surface area contributed by atoms with Gasteiger partial charge in [-0.3, -0.25) is 9.59 Å². The Balaban J connectivity index is 2.43. The summed E-state index contributed by atoms with van der Waals surface area (Å²) in [5.74, 6) is -1.07. The van der Waals surface area contributed by atoms with Crippen LogP contribution in [0.3, 0.4) is 0 Å². The summed E-state index contributed by atoms with van der Waals surface area (Å²) in [5.41, 5.74) is -0.560. The van der Waals surface area contributed by atoms with Gasteiger partial charge in [0.15, 0.2) is 0 Å². The zero-order valence-corrected chi connectivity index (χ0v) is 11.1. The number of aliphatic carboxylic acids is 1. The molecule has 0 unspecified atom stereocenters. The number of carbonyl (C=O) groups is 2. The first-order chi connectivity index (χ1) is 8.30. The second kappa shape index (κ2) is 6.18. The molecule has 0 spiro atoms. The Morgan fingerprint density at radius 3 is 2.39 bits per heavy atom. The van der Waals surface area contributed by atoms with Gasteiger partial charge >= 0.3 is 5.97 Å². The van der Waals surface area contributed by atoms with Gasteiger partial charge in [-0.05, 0) is 18.3 Å². The average molecular weight is 257 g/mol. The van der Waals surface area contributed by atoms with Crippen molar-refractivity contribution in [2.24, 2.45) is 5.41 Å². The van der Waals surface area contributed by atoms with Crippen LogP contribution in [0.25, 0.3) is 0 Å². The molecular weight excluding hydrogens is 234 g/mol. The minimum absolute atomic E-state index is 0.0341. The SMILES string of the molecule is CC(C)(CC(=O)O)CC(=O)N[C@H]1CCCC[C@@H]1O. The van der Waals surface area contributed by atoms with Crippen molar-refractivity contribution in [1.29, 1.82) is 0 Å². The molecule has 5 heteroatoms. The second-order valence-electron chi connectivity index (χ2n) is 5.94. The molecule has 1 fully saturated rings. The number of hydrogen-bond acceptors (Lipinski definition) is 3. The lowest BCUT2D eigenvalue weighted by Crippen LogP contribution is -2.46. The molecule has 104 valence electrons. The molecule has 1 amide bonds. The van der Waals surface area contributed by atoms with Gasteiger partial charge in [-0.15, -0.1) is 0 Å². The van der Waals surface area contributed by atoms with Gasteiger partial charge in [-0.2, -0.15) is 0 Å². The molecule has 0 aromatic rings. The first-order valence-corrected chi connectivity index (χ1v) is 6.49. The van der Waals surface area contributed by atoms with Crippen LogP contribution in [-0.2, 0) is 9.59 Å². The zero-order valence-electron chi connectivity index (χ0n) is 11.1. The smallest absolute Gasteiger partial charge is 0.303 e. The molecule has 0 aromatic carbocycles. The van der Waals surface area contributed by atoms with Crippen molar-refractivity contribution in [1.82, 2.24) is 5.32 Å². The summed E-state index contributed by atoms with van der Waals surface area (Å²) in [6, 6.07) is -0.174. The molecule has 1 aliphatic carbocycles. The Hall–Kier alpha value is -1.10. The predicted octanol–water partition coefficient (Wildman–Crippen LogP) is 1.30. The molecule has 0 aromatic heterocycles. The molecule has 18 heavy (non-hydrogen) atoms. The molecule has 0 bridgehead atoms. The fourth-order valence-electron chi connectivity index (χ4n) is 2.44. The Morgan fingerprint density at radius 1 is 1.22 bits per heavy atom. The molecule has 0 saturated heterocycles. The van der Waals surface area contributed by atoms with E-state index in [-0.39, 0.29) is 24.8 Å². The normalized spacial score (nSPS) is 24.6. The number of nitrogens with one attached hydrogen (secondary N) is 1. The topological polar surface area (TPSA) is 86.6 Å². The summed E-state index contributed by atoms with van der Waals surface area (Å²) >= 11 is 0. The summed E-state index contributed by atoms with van der Waals surface area (Å²) in [5, 5.41) is 21.3. The molecule has 1 saturated carbocycles. The third-order valence-corrected chi connectivity index (χ3v) is 3.34.